The van der Waals surface area contributed by atoms with E-state index in [4.69, 9.17) is 5.11 Å². The first kappa shape index (κ1) is 12.1. The quantitative estimate of drug-likeness (QED) is 0.818. The zero-order valence-corrected chi connectivity index (χ0v) is 10.4. The third-order valence-corrected chi connectivity index (χ3v) is 3.50. The molecule has 1 aliphatic carbocycles. The highest BCUT2D eigenvalue weighted by Crippen LogP contribution is 2.34. The summed E-state index contributed by atoms with van der Waals surface area (Å²) >= 11 is 0. The molecule has 0 spiro atoms. The SMILES string of the molecule is CC(C)(CNCC1Cc2ccccc21)C(=O)O. The maximum atomic E-state index is 10.9. The first-order valence-electron chi connectivity index (χ1n) is 6.02. The molecule has 2 N–H and O–H groups in total. The summed E-state index contributed by atoms with van der Waals surface area (Å²) in [6, 6.07) is 8.45. The lowest BCUT2D eigenvalue weighted by molar-refractivity contribution is -0.146. The second-order valence-corrected chi connectivity index (χ2v) is 5.42. The van der Waals surface area contributed by atoms with Gasteiger partial charge in [-0.1, -0.05) is 24.3 Å². The second-order valence-electron chi connectivity index (χ2n) is 5.42. The number of rotatable bonds is 5. The Hall–Kier alpha value is -1.35. The maximum absolute atomic E-state index is 10.9. The molecule has 0 aliphatic heterocycles. The van der Waals surface area contributed by atoms with Crippen LogP contribution in [-0.2, 0) is 11.2 Å². The van der Waals surface area contributed by atoms with Crippen molar-refractivity contribution in [1.29, 1.82) is 0 Å². The monoisotopic (exact) mass is 233 g/mol. The molecule has 0 saturated carbocycles. The molecule has 1 unspecified atom stereocenters. The number of carbonyl (C=O) groups is 1. The topological polar surface area (TPSA) is 49.3 Å². The van der Waals surface area contributed by atoms with Crippen LogP contribution in [0.4, 0.5) is 0 Å². The van der Waals surface area contributed by atoms with Gasteiger partial charge in [0.1, 0.15) is 0 Å². The Balaban J connectivity index is 1.81. The zero-order valence-electron chi connectivity index (χ0n) is 10.4. The summed E-state index contributed by atoms with van der Waals surface area (Å²) in [6.45, 7) is 4.88. The van der Waals surface area contributed by atoms with Crippen LogP contribution in [-0.4, -0.2) is 24.2 Å². The van der Waals surface area contributed by atoms with Crippen LogP contribution in [0.15, 0.2) is 24.3 Å². The maximum Gasteiger partial charge on any atom is 0.310 e. The van der Waals surface area contributed by atoms with Crippen LogP contribution in [0.2, 0.25) is 0 Å². The molecule has 0 heterocycles. The Morgan fingerprint density at radius 1 is 1.47 bits per heavy atom. The van der Waals surface area contributed by atoms with Gasteiger partial charge in [-0.05, 0) is 31.4 Å². The molecule has 3 nitrogen and oxygen atoms in total. The molecule has 92 valence electrons. The van der Waals surface area contributed by atoms with E-state index in [1.165, 1.54) is 11.1 Å². The largest absolute Gasteiger partial charge is 0.481 e. The van der Waals surface area contributed by atoms with Gasteiger partial charge in [0.15, 0.2) is 0 Å². The fourth-order valence-corrected chi connectivity index (χ4v) is 2.18. The van der Waals surface area contributed by atoms with Gasteiger partial charge in [0.05, 0.1) is 5.41 Å². The van der Waals surface area contributed by atoms with E-state index in [0.717, 1.165) is 13.0 Å². The number of hydrogen-bond donors (Lipinski definition) is 2. The predicted molar refractivity (Wildman–Crippen MR) is 67.2 cm³/mol. The highest BCUT2D eigenvalue weighted by molar-refractivity contribution is 5.73. The molecule has 0 amide bonds. The molecule has 3 heteroatoms. The highest BCUT2D eigenvalue weighted by atomic mass is 16.4. The molecule has 2 rings (SSSR count). The fourth-order valence-electron chi connectivity index (χ4n) is 2.18. The number of carboxylic acid groups (broad SMARTS) is 1. The molecule has 0 radical (unpaired) electrons. The number of benzene rings is 1. The Morgan fingerprint density at radius 3 is 2.82 bits per heavy atom. The minimum atomic E-state index is -0.751. The summed E-state index contributed by atoms with van der Waals surface area (Å²) in [5.74, 6) is -0.199. The van der Waals surface area contributed by atoms with Crippen molar-refractivity contribution < 1.29 is 9.90 Å². The van der Waals surface area contributed by atoms with Crippen molar-refractivity contribution in [3.8, 4) is 0 Å². The van der Waals surface area contributed by atoms with Crippen molar-refractivity contribution in [3.63, 3.8) is 0 Å². The third-order valence-electron chi connectivity index (χ3n) is 3.50. The van der Waals surface area contributed by atoms with Gasteiger partial charge in [0.25, 0.3) is 0 Å². The Kier molecular flexibility index (Phi) is 3.20. The molecule has 1 aliphatic rings. The molecule has 0 aromatic heterocycles. The average molecular weight is 233 g/mol. The normalized spacial score (nSPS) is 18.4. The predicted octanol–water partition coefficient (Wildman–Crippen LogP) is 2.03. The molecule has 0 bridgehead atoms. The molecular weight excluding hydrogens is 214 g/mol. The molecule has 1 aromatic carbocycles. The van der Waals surface area contributed by atoms with E-state index in [2.05, 4.69) is 29.6 Å². The molecule has 0 saturated heterocycles. The van der Waals surface area contributed by atoms with Crippen LogP contribution in [0.3, 0.4) is 0 Å². The van der Waals surface area contributed by atoms with Gasteiger partial charge < -0.3 is 10.4 Å². The summed E-state index contributed by atoms with van der Waals surface area (Å²) in [5.41, 5.74) is 2.15. The average Bonchev–Trinajstić information content (AvgIpc) is 2.24. The van der Waals surface area contributed by atoms with Crippen LogP contribution < -0.4 is 5.32 Å². The molecule has 17 heavy (non-hydrogen) atoms. The lowest BCUT2D eigenvalue weighted by atomic mass is 9.77. The van der Waals surface area contributed by atoms with E-state index in [1.54, 1.807) is 13.8 Å². The van der Waals surface area contributed by atoms with Crippen molar-refractivity contribution >= 4 is 5.97 Å². The number of aliphatic carboxylic acids is 1. The molecule has 1 aromatic rings. The van der Waals surface area contributed by atoms with E-state index < -0.39 is 11.4 Å². The standard InChI is InChI=1S/C14H19NO2/c1-14(2,13(16)17)9-15-8-11-7-10-5-3-4-6-12(10)11/h3-6,11,15H,7-9H2,1-2H3,(H,16,17). The minimum Gasteiger partial charge on any atom is -0.481 e. The van der Waals surface area contributed by atoms with E-state index in [9.17, 15) is 4.79 Å². The van der Waals surface area contributed by atoms with E-state index in [-0.39, 0.29) is 0 Å². The Labute approximate surface area is 102 Å². The van der Waals surface area contributed by atoms with Gasteiger partial charge in [0, 0.05) is 19.0 Å². The molecular formula is C14H19NO2. The number of nitrogens with one attached hydrogen (secondary N) is 1. The van der Waals surface area contributed by atoms with Crippen LogP contribution >= 0.6 is 0 Å². The van der Waals surface area contributed by atoms with Gasteiger partial charge in [-0.3, -0.25) is 4.79 Å². The van der Waals surface area contributed by atoms with Gasteiger partial charge in [-0.25, -0.2) is 0 Å². The smallest absolute Gasteiger partial charge is 0.310 e. The van der Waals surface area contributed by atoms with Crippen molar-refractivity contribution in [1.82, 2.24) is 5.32 Å². The summed E-state index contributed by atoms with van der Waals surface area (Å²) in [4.78, 5) is 10.9. The lowest BCUT2D eigenvalue weighted by Gasteiger charge is -2.31. The van der Waals surface area contributed by atoms with E-state index >= 15 is 0 Å². The number of carboxylic acids is 1. The first-order chi connectivity index (χ1) is 8.00. The van der Waals surface area contributed by atoms with Crippen molar-refractivity contribution in [2.24, 2.45) is 5.41 Å². The Morgan fingerprint density at radius 2 is 2.18 bits per heavy atom. The number of fused-ring (bicyclic) bond motifs is 1. The first-order valence-corrected chi connectivity index (χ1v) is 6.02. The highest BCUT2D eigenvalue weighted by Gasteiger charge is 2.29. The Bertz CT molecular complexity index is 426. The van der Waals surface area contributed by atoms with Crippen LogP contribution in [0.5, 0.6) is 0 Å². The van der Waals surface area contributed by atoms with Gasteiger partial charge in [-0.15, -0.1) is 0 Å². The third kappa shape index (κ3) is 2.50. The van der Waals surface area contributed by atoms with Crippen LogP contribution in [0.25, 0.3) is 0 Å². The molecule has 0 fully saturated rings. The summed E-state index contributed by atoms with van der Waals surface area (Å²) < 4.78 is 0. The van der Waals surface area contributed by atoms with Crippen LogP contribution in [0.1, 0.15) is 30.9 Å². The van der Waals surface area contributed by atoms with Crippen molar-refractivity contribution in [2.45, 2.75) is 26.2 Å². The number of hydrogen-bond acceptors (Lipinski definition) is 2. The summed E-state index contributed by atoms with van der Waals surface area (Å²) in [6.07, 6.45) is 1.11. The van der Waals surface area contributed by atoms with Crippen molar-refractivity contribution in [3.05, 3.63) is 35.4 Å². The van der Waals surface area contributed by atoms with Gasteiger partial charge in [-0.2, -0.15) is 0 Å². The molecule has 1 atom stereocenters. The van der Waals surface area contributed by atoms with E-state index in [0.29, 0.717) is 12.5 Å². The summed E-state index contributed by atoms with van der Waals surface area (Å²) in [5, 5.41) is 12.3. The minimum absolute atomic E-state index is 0.515. The lowest BCUT2D eigenvalue weighted by Crippen LogP contribution is -2.39. The second kappa shape index (κ2) is 4.49. The van der Waals surface area contributed by atoms with Crippen molar-refractivity contribution in [2.75, 3.05) is 13.1 Å². The zero-order chi connectivity index (χ0) is 12.5. The van der Waals surface area contributed by atoms with Gasteiger partial charge in [0.2, 0.25) is 0 Å². The van der Waals surface area contributed by atoms with Gasteiger partial charge >= 0.3 is 5.97 Å². The van der Waals surface area contributed by atoms with Crippen LogP contribution in [0, 0.1) is 5.41 Å². The summed E-state index contributed by atoms with van der Waals surface area (Å²) in [7, 11) is 0. The fraction of sp³-hybridized carbons (Fsp3) is 0.500. The van der Waals surface area contributed by atoms with E-state index in [1.807, 2.05) is 0 Å².